The minimum absolute atomic E-state index is 0.0339. The highest BCUT2D eigenvalue weighted by Crippen LogP contribution is 2.42. The predicted molar refractivity (Wildman–Crippen MR) is 155 cm³/mol. The smallest absolute Gasteiger partial charge is 0.342 e. The highest BCUT2D eigenvalue weighted by atomic mass is 32.1. The maximum atomic E-state index is 13.5. The first-order valence-corrected chi connectivity index (χ1v) is 14.5. The Kier molecular flexibility index (Phi) is 9.66. The summed E-state index contributed by atoms with van der Waals surface area (Å²) in [6.07, 6.45) is 6.16. The standard InChI is InChI=1S/C29H35N5O6S/c1-6-31-28(37)34-24-23(27(36)39-8-3)22(25-33-21(16-41-25)17-9-10-40-29(4,5)12-17)20(15-32-24)18-11-19(14-30-13-18)26(35)38-7-2/h11,13-17H,6-10,12H2,1-5H3,(H2,31,32,34,37). The number of esters is 2. The van der Waals surface area contributed by atoms with Gasteiger partial charge in [-0.25, -0.2) is 24.4 Å². The zero-order valence-electron chi connectivity index (χ0n) is 23.9. The van der Waals surface area contributed by atoms with Gasteiger partial charge in [0.1, 0.15) is 16.4 Å². The van der Waals surface area contributed by atoms with Crippen molar-refractivity contribution in [1.82, 2.24) is 20.3 Å². The van der Waals surface area contributed by atoms with Gasteiger partial charge in [-0.1, -0.05) is 0 Å². The van der Waals surface area contributed by atoms with Crippen LogP contribution in [-0.2, 0) is 14.2 Å². The molecule has 0 spiro atoms. The molecule has 41 heavy (non-hydrogen) atoms. The molecule has 0 aromatic carbocycles. The number of hydrogen-bond acceptors (Lipinski definition) is 10. The first kappa shape index (κ1) is 30.1. The summed E-state index contributed by atoms with van der Waals surface area (Å²) in [5, 5.41) is 7.87. The van der Waals surface area contributed by atoms with Gasteiger partial charge in [0.2, 0.25) is 0 Å². The highest BCUT2D eigenvalue weighted by molar-refractivity contribution is 7.13. The molecule has 1 aliphatic rings. The van der Waals surface area contributed by atoms with Crippen LogP contribution >= 0.6 is 11.3 Å². The topological polar surface area (TPSA) is 142 Å². The molecule has 2 amide bonds. The van der Waals surface area contributed by atoms with E-state index in [1.807, 2.05) is 5.38 Å². The van der Waals surface area contributed by atoms with E-state index in [0.717, 1.165) is 18.5 Å². The monoisotopic (exact) mass is 581 g/mol. The minimum Gasteiger partial charge on any atom is -0.462 e. The van der Waals surface area contributed by atoms with Crippen LogP contribution in [0.4, 0.5) is 10.6 Å². The average Bonchev–Trinajstić information content (AvgIpc) is 3.43. The summed E-state index contributed by atoms with van der Waals surface area (Å²) in [4.78, 5) is 52.1. The van der Waals surface area contributed by atoms with Crippen LogP contribution in [0.25, 0.3) is 21.7 Å². The van der Waals surface area contributed by atoms with Crippen molar-refractivity contribution in [2.24, 2.45) is 0 Å². The number of hydrogen-bond donors (Lipinski definition) is 2. The number of nitrogens with zero attached hydrogens (tertiary/aromatic N) is 3. The third kappa shape index (κ3) is 7.06. The van der Waals surface area contributed by atoms with E-state index in [9.17, 15) is 14.4 Å². The number of amides is 2. The van der Waals surface area contributed by atoms with Crippen LogP contribution in [0.15, 0.2) is 30.0 Å². The van der Waals surface area contributed by atoms with Gasteiger partial charge in [0, 0.05) is 59.7 Å². The summed E-state index contributed by atoms with van der Waals surface area (Å²) in [6.45, 7) is 10.7. The Labute approximate surface area is 243 Å². The Bertz CT molecular complexity index is 1420. The highest BCUT2D eigenvalue weighted by Gasteiger charge is 2.32. The van der Waals surface area contributed by atoms with E-state index in [1.54, 1.807) is 33.0 Å². The molecule has 4 rings (SSSR count). The molecule has 0 saturated carbocycles. The van der Waals surface area contributed by atoms with E-state index in [4.69, 9.17) is 19.2 Å². The van der Waals surface area contributed by atoms with Crippen LogP contribution in [0.1, 0.15) is 79.8 Å². The van der Waals surface area contributed by atoms with Gasteiger partial charge in [0.15, 0.2) is 0 Å². The van der Waals surface area contributed by atoms with Crippen LogP contribution in [-0.4, -0.2) is 64.9 Å². The van der Waals surface area contributed by atoms with Gasteiger partial charge in [-0.15, -0.1) is 11.3 Å². The Morgan fingerprint density at radius 1 is 1.10 bits per heavy atom. The number of carbonyl (C=O) groups excluding carboxylic acids is 3. The fourth-order valence-corrected chi connectivity index (χ4v) is 5.71. The molecule has 218 valence electrons. The summed E-state index contributed by atoms with van der Waals surface area (Å²) in [5.41, 5.74) is 2.39. The number of pyridine rings is 2. The molecule has 0 radical (unpaired) electrons. The van der Waals surface area contributed by atoms with Crippen molar-refractivity contribution in [3.05, 3.63) is 46.9 Å². The van der Waals surface area contributed by atoms with Gasteiger partial charge >= 0.3 is 18.0 Å². The lowest BCUT2D eigenvalue weighted by Crippen LogP contribution is -2.33. The van der Waals surface area contributed by atoms with Crippen LogP contribution in [0.3, 0.4) is 0 Å². The number of ether oxygens (including phenoxy) is 3. The van der Waals surface area contributed by atoms with Crippen molar-refractivity contribution in [1.29, 1.82) is 0 Å². The third-order valence-corrected chi connectivity index (χ3v) is 7.42. The van der Waals surface area contributed by atoms with Crippen LogP contribution in [0, 0.1) is 0 Å². The lowest BCUT2D eigenvalue weighted by molar-refractivity contribution is -0.0597. The van der Waals surface area contributed by atoms with Gasteiger partial charge in [0.05, 0.1) is 30.1 Å². The maximum absolute atomic E-state index is 13.5. The molecule has 1 saturated heterocycles. The second-order valence-corrected chi connectivity index (χ2v) is 10.9. The van der Waals surface area contributed by atoms with E-state index in [2.05, 4.69) is 34.4 Å². The van der Waals surface area contributed by atoms with Gasteiger partial charge in [-0.3, -0.25) is 10.3 Å². The van der Waals surface area contributed by atoms with Crippen molar-refractivity contribution in [2.75, 3.05) is 31.7 Å². The Hall–Kier alpha value is -3.90. The third-order valence-electron chi connectivity index (χ3n) is 6.54. The first-order valence-electron chi connectivity index (χ1n) is 13.6. The molecule has 0 bridgehead atoms. The van der Waals surface area contributed by atoms with Gasteiger partial charge in [-0.05, 0) is 53.5 Å². The average molecular weight is 582 g/mol. The first-order chi connectivity index (χ1) is 19.7. The zero-order valence-corrected chi connectivity index (χ0v) is 24.7. The normalized spacial score (nSPS) is 16.1. The quantitative estimate of drug-likeness (QED) is 0.316. The van der Waals surface area contributed by atoms with Crippen molar-refractivity contribution >= 4 is 35.1 Å². The Morgan fingerprint density at radius 2 is 1.85 bits per heavy atom. The number of nitrogens with one attached hydrogen (secondary N) is 2. The predicted octanol–water partition coefficient (Wildman–Crippen LogP) is 5.43. The number of thiazole rings is 1. The lowest BCUT2D eigenvalue weighted by Gasteiger charge is -2.34. The molecule has 2 N–H and O–H groups in total. The van der Waals surface area contributed by atoms with Crippen molar-refractivity contribution in [3.8, 4) is 21.7 Å². The van der Waals surface area contributed by atoms with Crippen LogP contribution in [0.5, 0.6) is 0 Å². The number of aromatic nitrogens is 3. The summed E-state index contributed by atoms with van der Waals surface area (Å²) < 4.78 is 16.5. The van der Waals surface area contributed by atoms with Gasteiger partial charge in [-0.2, -0.15) is 0 Å². The van der Waals surface area contributed by atoms with Crippen molar-refractivity contribution in [2.45, 2.75) is 59.0 Å². The lowest BCUT2D eigenvalue weighted by atomic mass is 9.86. The fourth-order valence-electron chi connectivity index (χ4n) is 4.75. The molecule has 3 aromatic heterocycles. The molecule has 11 nitrogen and oxygen atoms in total. The zero-order chi connectivity index (χ0) is 29.6. The molecule has 1 unspecified atom stereocenters. The number of urea groups is 1. The summed E-state index contributed by atoms with van der Waals surface area (Å²) in [5.74, 6) is -0.967. The van der Waals surface area contributed by atoms with E-state index in [0.29, 0.717) is 34.8 Å². The number of anilines is 1. The van der Waals surface area contributed by atoms with Crippen molar-refractivity contribution < 1.29 is 28.6 Å². The largest absolute Gasteiger partial charge is 0.462 e. The fraction of sp³-hybridized carbons (Fsp3) is 0.448. The molecule has 1 aliphatic heterocycles. The molecule has 3 aromatic rings. The van der Waals surface area contributed by atoms with E-state index >= 15 is 0 Å². The number of carbonyl (C=O) groups is 3. The molecular weight excluding hydrogens is 546 g/mol. The van der Waals surface area contributed by atoms with Crippen molar-refractivity contribution in [3.63, 3.8) is 0 Å². The summed E-state index contributed by atoms with van der Waals surface area (Å²) in [6, 6.07) is 1.12. The molecule has 1 atom stereocenters. The summed E-state index contributed by atoms with van der Waals surface area (Å²) in [7, 11) is 0. The second kappa shape index (κ2) is 13.2. The number of rotatable bonds is 9. The second-order valence-electron chi connectivity index (χ2n) is 10.0. The minimum atomic E-state index is -0.665. The maximum Gasteiger partial charge on any atom is 0.342 e. The van der Waals surface area contributed by atoms with Gasteiger partial charge in [0.25, 0.3) is 0 Å². The Balaban J connectivity index is 1.91. The van der Waals surface area contributed by atoms with Crippen LogP contribution in [0.2, 0.25) is 0 Å². The van der Waals surface area contributed by atoms with E-state index < -0.39 is 18.0 Å². The van der Waals surface area contributed by atoms with E-state index in [-0.39, 0.29) is 41.7 Å². The molecule has 0 aliphatic carbocycles. The van der Waals surface area contributed by atoms with Gasteiger partial charge < -0.3 is 19.5 Å². The molecular formula is C29H35N5O6S. The van der Waals surface area contributed by atoms with E-state index in [1.165, 1.54) is 23.7 Å². The SMILES string of the molecule is CCNC(=O)Nc1ncc(-c2cncc(C(=O)OCC)c2)c(-c2nc(C3CCOC(C)(C)C3)cs2)c1C(=O)OCC. The Morgan fingerprint density at radius 3 is 2.56 bits per heavy atom. The van der Waals surface area contributed by atoms with Crippen LogP contribution < -0.4 is 10.6 Å². The molecule has 4 heterocycles. The summed E-state index contributed by atoms with van der Waals surface area (Å²) >= 11 is 1.38. The molecule has 12 heteroatoms. The molecule has 1 fully saturated rings.